The fourth-order valence-corrected chi connectivity index (χ4v) is 1.16. The molecule has 12 heavy (non-hydrogen) atoms. The van der Waals surface area contributed by atoms with Crippen LogP contribution in [0.5, 0.6) is 0 Å². The van der Waals surface area contributed by atoms with E-state index >= 15 is 0 Å². The number of nitrogens with zero attached hydrogens (tertiary/aromatic N) is 2. The van der Waals surface area contributed by atoms with Gasteiger partial charge in [0.25, 0.3) is 0 Å². The molecule has 64 valence electrons. The van der Waals surface area contributed by atoms with E-state index in [1.165, 1.54) is 0 Å². The molecule has 1 heterocycles. The summed E-state index contributed by atoms with van der Waals surface area (Å²) < 4.78 is 0. The summed E-state index contributed by atoms with van der Waals surface area (Å²) in [6.07, 6.45) is 0.882. The van der Waals surface area contributed by atoms with Gasteiger partial charge in [0.2, 0.25) is 7.41 Å². The van der Waals surface area contributed by atoms with Crippen LogP contribution in [0.2, 0.25) is 12.0 Å². The number of nitrogens with one attached hydrogen (secondary N) is 1. The summed E-state index contributed by atoms with van der Waals surface area (Å²) in [6.45, 7) is 4.06. The molecule has 0 aromatic carbocycles. The van der Waals surface area contributed by atoms with E-state index in [4.69, 9.17) is 11.6 Å². The van der Waals surface area contributed by atoms with Gasteiger partial charge in [-0.1, -0.05) is 25.3 Å². The minimum Gasteiger partial charge on any atom is -0.415 e. The summed E-state index contributed by atoms with van der Waals surface area (Å²) in [6, 6.07) is 1.93. The van der Waals surface area contributed by atoms with Crippen molar-refractivity contribution in [2.45, 2.75) is 20.2 Å². The molecule has 1 aromatic rings. The van der Waals surface area contributed by atoms with E-state index in [1.807, 2.05) is 19.8 Å². The van der Waals surface area contributed by atoms with Crippen LogP contribution in [0.25, 0.3) is 0 Å². The second-order valence-corrected chi connectivity index (χ2v) is 2.79. The molecule has 0 bridgehead atoms. The maximum Gasteiger partial charge on any atom is 0.231 e. The third-order valence-corrected chi connectivity index (χ3v) is 1.88. The maximum absolute atomic E-state index is 5.80. The second kappa shape index (κ2) is 4.31. The number of hydrogen-bond acceptors (Lipinski definition) is 3. The lowest BCUT2D eigenvalue weighted by Crippen LogP contribution is -2.04. The van der Waals surface area contributed by atoms with Crippen LogP contribution in [0, 0.1) is 0 Å². The van der Waals surface area contributed by atoms with Crippen LogP contribution in [-0.2, 0) is 6.42 Å². The van der Waals surface area contributed by atoms with Crippen molar-refractivity contribution in [3.8, 4) is 0 Å². The Labute approximate surface area is 77.8 Å². The van der Waals surface area contributed by atoms with Gasteiger partial charge >= 0.3 is 0 Å². The van der Waals surface area contributed by atoms with Crippen molar-refractivity contribution < 1.29 is 0 Å². The molecule has 0 aliphatic heterocycles. The summed E-state index contributed by atoms with van der Waals surface area (Å²) in [5.41, 5.74) is 1.03. The van der Waals surface area contributed by atoms with Gasteiger partial charge in [0.15, 0.2) is 5.15 Å². The zero-order valence-electron chi connectivity index (χ0n) is 7.26. The van der Waals surface area contributed by atoms with Crippen molar-refractivity contribution in [1.29, 1.82) is 0 Å². The molecule has 0 unspecified atom stereocenters. The van der Waals surface area contributed by atoms with E-state index in [-0.39, 0.29) is 0 Å². The average molecular weight is 183 g/mol. The fourth-order valence-electron chi connectivity index (χ4n) is 0.931. The summed E-state index contributed by atoms with van der Waals surface area (Å²) in [4.78, 5) is 0. The molecule has 3 nitrogen and oxygen atoms in total. The smallest absolute Gasteiger partial charge is 0.231 e. The van der Waals surface area contributed by atoms with Gasteiger partial charge in [0.05, 0.1) is 0 Å². The monoisotopic (exact) mass is 183 g/mol. The van der Waals surface area contributed by atoms with Crippen molar-refractivity contribution in [3.63, 3.8) is 0 Å². The molecule has 0 fully saturated rings. The Morgan fingerprint density at radius 2 is 2.33 bits per heavy atom. The summed E-state index contributed by atoms with van der Waals surface area (Å²) in [5.74, 6) is 0.791. The Balaban J connectivity index is 2.89. The predicted molar refractivity (Wildman–Crippen MR) is 53.1 cm³/mol. The van der Waals surface area contributed by atoms with Gasteiger partial charge in [-0.05, 0) is 18.1 Å². The van der Waals surface area contributed by atoms with Gasteiger partial charge in [-0.25, -0.2) is 0 Å². The van der Waals surface area contributed by atoms with Crippen molar-refractivity contribution in [1.82, 2.24) is 10.2 Å². The molecule has 5 heteroatoms. The zero-order chi connectivity index (χ0) is 8.97. The van der Waals surface area contributed by atoms with Gasteiger partial charge in [0.1, 0.15) is 5.82 Å². The van der Waals surface area contributed by atoms with E-state index < -0.39 is 0 Å². The summed E-state index contributed by atoms with van der Waals surface area (Å²) >= 11 is 5.80. The van der Waals surface area contributed by atoms with E-state index in [0.717, 1.165) is 25.2 Å². The second-order valence-electron chi connectivity index (χ2n) is 2.43. The lowest BCUT2D eigenvalue weighted by Gasteiger charge is -2.03. The molecule has 1 N–H and O–H groups in total. The third kappa shape index (κ3) is 2.11. The Hall–Kier alpha value is -0.765. The van der Waals surface area contributed by atoms with Crippen LogP contribution in [0.1, 0.15) is 12.5 Å². The van der Waals surface area contributed by atoms with Gasteiger partial charge in [-0.2, -0.15) is 0 Å². The van der Waals surface area contributed by atoms with Gasteiger partial charge < -0.3 is 5.23 Å². The van der Waals surface area contributed by atoms with Gasteiger partial charge in [-0.15, -0.1) is 10.2 Å². The topological polar surface area (TPSA) is 37.8 Å². The van der Waals surface area contributed by atoms with Crippen molar-refractivity contribution >= 4 is 24.8 Å². The molecule has 0 aliphatic rings. The highest BCUT2D eigenvalue weighted by atomic mass is 35.5. The highest BCUT2D eigenvalue weighted by molar-refractivity contribution is 6.38. The molecule has 0 saturated carbocycles. The molecule has 0 saturated heterocycles. The molecule has 0 spiro atoms. The fraction of sp³-hybridized carbons (Fsp3) is 0.429. The molecule has 0 aliphatic carbocycles. The van der Waals surface area contributed by atoms with Crippen LogP contribution < -0.4 is 5.23 Å². The Morgan fingerprint density at radius 1 is 1.58 bits per heavy atom. The molecule has 0 radical (unpaired) electrons. The van der Waals surface area contributed by atoms with E-state index in [0.29, 0.717) is 5.15 Å². The van der Waals surface area contributed by atoms with Crippen LogP contribution in [0.15, 0.2) is 6.07 Å². The average Bonchev–Trinajstić information content (AvgIpc) is 2.09. The predicted octanol–water partition coefficient (Wildman–Crippen LogP) is 1.50. The Bertz CT molecular complexity index is 267. The minimum atomic E-state index is 0.499. The van der Waals surface area contributed by atoms with Crippen LogP contribution in [0.3, 0.4) is 0 Å². The number of rotatable bonds is 3. The van der Waals surface area contributed by atoms with Crippen molar-refractivity contribution in [2.24, 2.45) is 0 Å². The van der Waals surface area contributed by atoms with E-state index in [1.54, 1.807) is 0 Å². The minimum absolute atomic E-state index is 0.499. The van der Waals surface area contributed by atoms with Crippen molar-refractivity contribution in [3.05, 3.63) is 16.8 Å². The van der Waals surface area contributed by atoms with Gasteiger partial charge in [0, 0.05) is 0 Å². The number of aromatic nitrogens is 2. The zero-order valence-corrected chi connectivity index (χ0v) is 8.02. The highest BCUT2D eigenvalue weighted by Gasteiger charge is 2.01. The quantitative estimate of drug-likeness (QED) is 0.722. The first-order valence-electron chi connectivity index (χ1n) is 4.03. The molecular weight excluding hydrogens is 172 g/mol. The number of aryl methyl sites for hydroxylation is 1. The normalized spacial score (nSPS) is 9.58. The van der Waals surface area contributed by atoms with Crippen LogP contribution in [-0.4, -0.2) is 17.6 Å². The van der Waals surface area contributed by atoms with Crippen LogP contribution >= 0.6 is 11.6 Å². The Kier molecular flexibility index (Phi) is 3.35. The molecule has 1 rings (SSSR count). The summed E-state index contributed by atoms with van der Waals surface area (Å²) in [5, 5.41) is 11.3. The molecule has 1 aromatic heterocycles. The number of anilines is 1. The first-order chi connectivity index (χ1) is 5.77. The lowest BCUT2D eigenvalue weighted by atomic mass is 10.0. The molecule has 0 amide bonds. The lowest BCUT2D eigenvalue weighted by molar-refractivity contribution is 0.992. The first kappa shape index (κ1) is 9.32. The number of halogens is 1. The first-order valence-corrected chi connectivity index (χ1v) is 4.41. The van der Waals surface area contributed by atoms with Crippen molar-refractivity contribution in [2.75, 3.05) is 5.23 Å². The molecular formula is C7H11BClN3. The van der Waals surface area contributed by atoms with E-state index in [9.17, 15) is 0 Å². The Morgan fingerprint density at radius 3 is 2.92 bits per heavy atom. The van der Waals surface area contributed by atoms with Gasteiger partial charge in [-0.3, -0.25) is 0 Å². The highest BCUT2D eigenvalue weighted by Crippen LogP contribution is 2.14. The molecule has 0 atom stereocenters. The number of hydrogen-bond donors (Lipinski definition) is 1. The largest absolute Gasteiger partial charge is 0.415 e. The third-order valence-electron chi connectivity index (χ3n) is 1.56. The summed E-state index contributed by atoms with van der Waals surface area (Å²) in [7, 11) is 0.847. The van der Waals surface area contributed by atoms with E-state index in [2.05, 4.69) is 15.4 Å². The standard InChI is InChI=1S/C7H11BClN3/c1-3-5-4-6(10-8-2)11-12-7(5)9/h4,8H,3H2,1-2H3,(H,10,11). The van der Waals surface area contributed by atoms with Crippen LogP contribution in [0.4, 0.5) is 5.82 Å². The SMILES string of the molecule is CBNc1cc(CC)c(Cl)nn1. The maximum atomic E-state index is 5.80.